The van der Waals surface area contributed by atoms with E-state index in [-0.39, 0.29) is 11.9 Å². The summed E-state index contributed by atoms with van der Waals surface area (Å²) in [5.74, 6) is 0.896. The summed E-state index contributed by atoms with van der Waals surface area (Å²) in [5.41, 5.74) is 1.52. The molecule has 0 unspecified atom stereocenters. The van der Waals surface area contributed by atoms with Crippen molar-refractivity contribution in [2.24, 2.45) is 5.92 Å². The van der Waals surface area contributed by atoms with Crippen LogP contribution in [0, 0.1) is 5.92 Å². The second-order valence-electron chi connectivity index (χ2n) is 7.85. The summed E-state index contributed by atoms with van der Waals surface area (Å²) in [7, 11) is 0. The highest BCUT2D eigenvalue weighted by molar-refractivity contribution is 5.94. The number of amides is 1. The number of piperidine rings is 1. The lowest BCUT2D eigenvalue weighted by Crippen LogP contribution is -2.45. The normalized spacial score (nSPS) is 19.9. The summed E-state index contributed by atoms with van der Waals surface area (Å²) in [5, 5.41) is 14.3. The van der Waals surface area contributed by atoms with Crippen LogP contribution in [0.25, 0.3) is 5.69 Å². The van der Waals surface area contributed by atoms with Gasteiger partial charge in [0.2, 0.25) is 0 Å². The maximum absolute atomic E-state index is 12.5. The van der Waals surface area contributed by atoms with E-state index in [4.69, 9.17) is 0 Å². The zero-order chi connectivity index (χ0) is 18.5. The molecule has 1 aromatic carbocycles. The summed E-state index contributed by atoms with van der Waals surface area (Å²) in [6, 6.07) is 7.64. The summed E-state index contributed by atoms with van der Waals surface area (Å²) < 4.78 is 1.57. The Labute approximate surface area is 160 Å². The van der Waals surface area contributed by atoms with Crippen LogP contribution in [0.2, 0.25) is 0 Å². The molecule has 2 aliphatic rings. The minimum Gasteiger partial charge on any atom is -0.349 e. The molecular formula is C20H28N6O. The first-order valence-electron chi connectivity index (χ1n) is 10.1. The fourth-order valence-corrected chi connectivity index (χ4v) is 4.31. The summed E-state index contributed by atoms with van der Waals surface area (Å²) in [6.07, 6.45) is 10.7. The Balaban J connectivity index is 1.24. The highest BCUT2D eigenvalue weighted by atomic mass is 16.1. The molecule has 4 rings (SSSR count). The van der Waals surface area contributed by atoms with Crippen LogP contribution in [0.5, 0.6) is 0 Å². The van der Waals surface area contributed by atoms with Crippen molar-refractivity contribution in [1.29, 1.82) is 0 Å². The molecule has 1 aromatic heterocycles. The predicted octanol–water partition coefficient (Wildman–Crippen LogP) is 2.44. The quantitative estimate of drug-likeness (QED) is 0.877. The number of likely N-dealkylation sites (tertiary alicyclic amines) is 1. The number of rotatable bonds is 5. The van der Waals surface area contributed by atoms with E-state index in [0.29, 0.717) is 5.56 Å². The number of hydrogen-bond donors (Lipinski definition) is 1. The number of benzene rings is 1. The molecule has 2 aromatic rings. The number of carbonyl (C=O) groups is 1. The van der Waals surface area contributed by atoms with Crippen LogP contribution in [-0.2, 0) is 0 Å². The Morgan fingerprint density at radius 2 is 1.78 bits per heavy atom. The Morgan fingerprint density at radius 1 is 1.04 bits per heavy atom. The molecule has 27 heavy (non-hydrogen) atoms. The first kappa shape index (κ1) is 18.1. The van der Waals surface area contributed by atoms with Gasteiger partial charge >= 0.3 is 0 Å². The molecule has 0 bridgehead atoms. The zero-order valence-electron chi connectivity index (χ0n) is 15.8. The lowest BCUT2D eigenvalue weighted by atomic mass is 9.88. The molecule has 1 saturated carbocycles. The maximum Gasteiger partial charge on any atom is 0.251 e. The molecule has 7 nitrogen and oxygen atoms in total. The summed E-state index contributed by atoms with van der Waals surface area (Å²) in [4.78, 5) is 15.1. The standard InChI is InChI=1S/C20H28N6O/c27-20(17-6-8-19(9-7-17)26-15-21-23-24-26)22-18-10-12-25(13-11-18)14-16-4-2-1-3-5-16/h6-9,15-16,18H,1-5,10-14H2,(H,22,27). The average molecular weight is 368 g/mol. The van der Waals surface area contributed by atoms with Crippen molar-refractivity contribution in [2.75, 3.05) is 19.6 Å². The van der Waals surface area contributed by atoms with Gasteiger partial charge in [-0.15, -0.1) is 5.10 Å². The molecule has 0 radical (unpaired) electrons. The van der Waals surface area contributed by atoms with Crippen LogP contribution in [-0.4, -0.2) is 56.7 Å². The third-order valence-corrected chi connectivity index (χ3v) is 5.91. The van der Waals surface area contributed by atoms with Crippen LogP contribution < -0.4 is 5.32 Å². The van der Waals surface area contributed by atoms with E-state index < -0.39 is 0 Å². The van der Waals surface area contributed by atoms with Gasteiger partial charge in [0.15, 0.2) is 0 Å². The molecule has 144 valence electrons. The van der Waals surface area contributed by atoms with Crippen molar-refractivity contribution >= 4 is 5.91 Å². The van der Waals surface area contributed by atoms with Gasteiger partial charge in [-0.05, 0) is 66.3 Å². The minimum atomic E-state index is 0.00370. The molecule has 1 amide bonds. The predicted molar refractivity (Wildman–Crippen MR) is 103 cm³/mol. The zero-order valence-corrected chi connectivity index (χ0v) is 15.8. The van der Waals surface area contributed by atoms with Gasteiger partial charge in [-0.2, -0.15) is 0 Å². The number of nitrogens with one attached hydrogen (secondary N) is 1. The summed E-state index contributed by atoms with van der Waals surface area (Å²) in [6.45, 7) is 3.44. The van der Waals surface area contributed by atoms with Gasteiger partial charge in [-0.3, -0.25) is 4.79 Å². The molecule has 0 spiro atoms. The molecule has 2 heterocycles. The van der Waals surface area contributed by atoms with Crippen LogP contribution in [0.15, 0.2) is 30.6 Å². The lowest BCUT2D eigenvalue weighted by molar-refractivity contribution is 0.0901. The highest BCUT2D eigenvalue weighted by Gasteiger charge is 2.24. The Hall–Kier alpha value is -2.28. The fourth-order valence-electron chi connectivity index (χ4n) is 4.31. The molecule has 1 saturated heterocycles. The van der Waals surface area contributed by atoms with E-state index in [1.807, 2.05) is 24.3 Å². The van der Waals surface area contributed by atoms with Crippen molar-refractivity contribution in [3.8, 4) is 5.69 Å². The Kier molecular flexibility index (Phi) is 5.77. The van der Waals surface area contributed by atoms with E-state index in [9.17, 15) is 4.79 Å². The number of carbonyl (C=O) groups excluding carboxylic acids is 1. The highest BCUT2D eigenvalue weighted by Crippen LogP contribution is 2.25. The summed E-state index contributed by atoms with van der Waals surface area (Å²) >= 11 is 0. The van der Waals surface area contributed by atoms with Gasteiger partial charge in [0.05, 0.1) is 5.69 Å². The smallest absolute Gasteiger partial charge is 0.251 e. The third-order valence-electron chi connectivity index (χ3n) is 5.91. The Bertz CT molecular complexity index is 715. The number of nitrogens with zero attached hydrogens (tertiary/aromatic N) is 5. The monoisotopic (exact) mass is 368 g/mol. The third kappa shape index (κ3) is 4.71. The SMILES string of the molecule is O=C(NC1CCN(CC2CCCCC2)CC1)c1ccc(-n2cnnn2)cc1. The molecule has 7 heteroatoms. The molecule has 1 aliphatic heterocycles. The fraction of sp³-hybridized carbons (Fsp3) is 0.600. The van der Waals surface area contributed by atoms with Gasteiger partial charge in [-0.25, -0.2) is 4.68 Å². The first-order valence-corrected chi connectivity index (χ1v) is 10.1. The van der Waals surface area contributed by atoms with E-state index in [1.165, 1.54) is 45.0 Å². The number of tetrazole rings is 1. The minimum absolute atomic E-state index is 0.00370. The Morgan fingerprint density at radius 3 is 2.44 bits per heavy atom. The molecular weight excluding hydrogens is 340 g/mol. The van der Waals surface area contributed by atoms with E-state index in [2.05, 4.69) is 25.7 Å². The number of hydrogen-bond acceptors (Lipinski definition) is 5. The van der Waals surface area contributed by atoms with Crippen LogP contribution in [0.4, 0.5) is 0 Å². The number of aromatic nitrogens is 4. The van der Waals surface area contributed by atoms with Gasteiger partial charge in [-0.1, -0.05) is 19.3 Å². The van der Waals surface area contributed by atoms with Crippen molar-refractivity contribution < 1.29 is 4.79 Å². The molecule has 1 N–H and O–H groups in total. The van der Waals surface area contributed by atoms with Crippen molar-refractivity contribution in [1.82, 2.24) is 30.4 Å². The van der Waals surface area contributed by atoms with Gasteiger partial charge < -0.3 is 10.2 Å². The molecule has 0 atom stereocenters. The van der Waals surface area contributed by atoms with Crippen molar-refractivity contribution in [2.45, 2.75) is 51.0 Å². The second kappa shape index (κ2) is 8.61. The lowest BCUT2D eigenvalue weighted by Gasteiger charge is -2.35. The van der Waals surface area contributed by atoms with E-state index >= 15 is 0 Å². The van der Waals surface area contributed by atoms with Gasteiger partial charge in [0.1, 0.15) is 6.33 Å². The van der Waals surface area contributed by atoms with Crippen LogP contribution in [0.1, 0.15) is 55.3 Å². The van der Waals surface area contributed by atoms with E-state index in [0.717, 1.165) is 37.5 Å². The first-order chi connectivity index (χ1) is 13.3. The van der Waals surface area contributed by atoms with Crippen molar-refractivity contribution in [3.63, 3.8) is 0 Å². The topological polar surface area (TPSA) is 75.9 Å². The van der Waals surface area contributed by atoms with Crippen LogP contribution >= 0.6 is 0 Å². The van der Waals surface area contributed by atoms with Crippen molar-refractivity contribution in [3.05, 3.63) is 36.2 Å². The second-order valence-corrected chi connectivity index (χ2v) is 7.85. The maximum atomic E-state index is 12.5. The van der Waals surface area contributed by atoms with Crippen LogP contribution in [0.3, 0.4) is 0 Å². The van der Waals surface area contributed by atoms with E-state index in [1.54, 1.807) is 4.68 Å². The molecule has 2 fully saturated rings. The largest absolute Gasteiger partial charge is 0.349 e. The average Bonchev–Trinajstić information content (AvgIpc) is 3.25. The van der Waals surface area contributed by atoms with Gasteiger partial charge in [0.25, 0.3) is 5.91 Å². The molecule has 1 aliphatic carbocycles. The van der Waals surface area contributed by atoms with Gasteiger partial charge in [0, 0.05) is 31.2 Å².